The molecule has 0 N–H and O–H groups in total. The lowest BCUT2D eigenvalue weighted by molar-refractivity contribution is -0.143. The summed E-state index contributed by atoms with van der Waals surface area (Å²) < 4.78 is 6.49. The number of ether oxygens (including phenoxy) is 1. The molecule has 0 bridgehead atoms. The normalized spacial score (nSPS) is 16.2. The van der Waals surface area contributed by atoms with E-state index in [0.29, 0.717) is 30.9 Å². The first kappa shape index (κ1) is 18.8. The van der Waals surface area contributed by atoms with E-state index >= 15 is 0 Å². The standard InChI is InChI=1S/C22H22N2O3S/c1-27-20(16-7-3-2-4-8-16)22(26)24-13-11-15(12-14-24)19(25)21-23-17-9-5-6-10-18(17)28-21/h2-10,15,20H,11-14H2,1H3/t20-/m1/s1. The summed E-state index contributed by atoms with van der Waals surface area (Å²) in [7, 11) is 1.55. The first-order valence-electron chi connectivity index (χ1n) is 9.43. The Hall–Kier alpha value is -2.57. The van der Waals surface area contributed by atoms with E-state index in [4.69, 9.17) is 4.74 Å². The lowest BCUT2D eigenvalue weighted by Crippen LogP contribution is -2.42. The van der Waals surface area contributed by atoms with Crippen molar-refractivity contribution in [2.45, 2.75) is 18.9 Å². The number of rotatable bonds is 5. The van der Waals surface area contributed by atoms with Crippen molar-refractivity contribution in [2.75, 3.05) is 20.2 Å². The summed E-state index contributed by atoms with van der Waals surface area (Å²) in [5, 5.41) is 0.574. The molecule has 1 aliphatic rings. The minimum Gasteiger partial charge on any atom is -0.367 e. The largest absolute Gasteiger partial charge is 0.367 e. The average Bonchev–Trinajstić information content (AvgIpc) is 3.19. The van der Waals surface area contributed by atoms with E-state index in [9.17, 15) is 9.59 Å². The molecule has 0 radical (unpaired) electrons. The Balaban J connectivity index is 1.41. The smallest absolute Gasteiger partial charge is 0.256 e. The zero-order valence-electron chi connectivity index (χ0n) is 15.7. The van der Waals surface area contributed by atoms with Crippen molar-refractivity contribution < 1.29 is 14.3 Å². The highest BCUT2D eigenvalue weighted by Crippen LogP contribution is 2.29. The number of amides is 1. The van der Waals surface area contributed by atoms with E-state index in [1.165, 1.54) is 11.3 Å². The summed E-state index contributed by atoms with van der Waals surface area (Å²) in [5.74, 6) is -0.0263. The minimum atomic E-state index is -0.599. The second-order valence-electron chi connectivity index (χ2n) is 6.98. The van der Waals surface area contributed by atoms with Crippen molar-refractivity contribution in [2.24, 2.45) is 5.92 Å². The number of para-hydroxylation sites is 1. The maximum atomic E-state index is 12.9. The summed E-state index contributed by atoms with van der Waals surface area (Å²) >= 11 is 1.45. The van der Waals surface area contributed by atoms with Crippen LogP contribution in [-0.2, 0) is 9.53 Å². The quantitative estimate of drug-likeness (QED) is 0.611. The van der Waals surface area contributed by atoms with Gasteiger partial charge in [-0.1, -0.05) is 42.5 Å². The maximum Gasteiger partial charge on any atom is 0.256 e. The van der Waals surface area contributed by atoms with Crippen LogP contribution in [-0.4, -0.2) is 41.8 Å². The first-order chi connectivity index (χ1) is 13.7. The number of hydrogen-bond donors (Lipinski definition) is 0. The van der Waals surface area contributed by atoms with Crippen LogP contribution in [0, 0.1) is 5.92 Å². The highest BCUT2D eigenvalue weighted by atomic mass is 32.1. The van der Waals surface area contributed by atoms with Gasteiger partial charge in [0.15, 0.2) is 16.9 Å². The third-order valence-corrected chi connectivity index (χ3v) is 6.30. The summed E-state index contributed by atoms with van der Waals surface area (Å²) in [5.41, 5.74) is 1.72. The Bertz CT molecular complexity index is 945. The van der Waals surface area contributed by atoms with Crippen LogP contribution in [0.2, 0.25) is 0 Å². The van der Waals surface area contributed by atoms with E-state index in [-0.39, 0.29) is 17.6 Å². The number of carbonyl (C=O) groups is 2. The highest BCUT2D eigenvalue weighted by molar-refractivity contribution is 7.20. The molecular formula is C22H22N2O3S. The van der Waals surface area contributed by atoms with Crippen LogP contribution in [0.5, 0.6) is 0 Å². The molecule has 4 rings (SSSR count). The molecule has 0 saturated carbocycles. The number of Topliss-reactive ketones (excluding diaryl/α,β-unsaturated/α-hetero) is 1. The average molecular weight is 394 g/mol. The molecule has 2 heterocycles. The Kier molecular flexibility index (Phi) is 5.50. The zero-order valence-corrected chi connectivity index (χ0v) is 16.5. The molecule has 0 unspecified atom stereocenters. The maximum absolute atomic E-state index is 12.9. The molecule has 1 aliphatic heterocycles. The van der Waals surface area contributed by atoms with Gasteiger partial charge in [0.05, 0.1) is 10.2 Å². The van der Waals surface area contributed by atoms with Crippen LogP contribution < -0.4 is 0 Å². The Morgan fingerprint density at radius 1 is 1.07 bits per heavy atom. The molecule has 1 fully saturated rings. The molecule has 144 valence electrons. The van der Waals surface area contributed by atoms with Crippen LogP contribution in [0.25, 0.3) is 10.2 Å². The molecular weight excluding hydrogens is 372 g/mol. The molecule has 1 atom stereocenters. The molecule has 1 aromatic heterocycles. The molecule has 6 heteroatoms. The zero-order chi connectivity index (χ0) is 19.5. The Morgan fingerprint density at radius 3 is 2.43 bits per heavy atom. The molecule has 3 aromatic rings. The molecule has 28 heavy (non-hydrogen) atoms. The van der Waals surface area contributed by atoms with Gasteiger partial charge >= 0.3 is 0 Å². The monoisotopic (exact) mass is 394 g/mol. The van der Waals surface area contributed by atoms with Crippen molar-refractivity contribution in [3.8, 4) is 0 Å². The Labute approximate surface area is 168 Å². The molecule has 0 spiro atoms. The summed E-state index contributed by atoms with van der Waals surface area (Å²) in [4.78, 5) is 32.1. The number of aromatic nitrogens is 1. The number of ketones is 1. The van der Waals surface area contributed by atoms with Gasteiger partial charge in [0.2, 0.25) is 0 Å². The first-order valence-corrected chi connectivity index (χ1v) is 10.3. The van der Waals surface area contributed by atoms with Crippen LogP contribution in [0.15, 0.2) is 54.6 Å². The van der Waals surface area contributed by atoms with E-state index in [1.54, 1.807) is 7.11 Å². The van der Waals surface area contributed by atoms with Gasteiger partial charge in [0.1, 0.15) is 0 Å². The number of carbonyl (C=O) groups excluding carboxylic acids is 2. The summed E-state index contributed by atoms with van der Waals surface area (Å²) in [6.45, 7) is 1.12. The number of thiazole rings is 1. The molecule has 0 aliphatic carbocycles. The fourth-order valence-corrected chi connectivity index (χ4v) is 4.67. The Morgan fingerprint density at radius 2 is 1.75 bits per heavy atom. The van der Waals surface area contributed by atoms with Gasteiger partial charge < -0.3 is 9.64 Å². The summed E-state index contributed by atoms with van der Waals surface area (Å²) in [6, 6.07) is 17.3. The highest BCUT2D eigenvalue weighted by Gasteiger charge is 2.32. The molecule has 1 amide bonds. The van der Waals surface area contributed by atoms with E-state index in [0.717, 1.165) is 15.8 Å². The third-order valence-electron chi connectivity index (χ3n) is 5.24. The van der Waals surface area contributed by atoms with E-state index < -0.39 is 6.10 Å². The second kappa shape index (κ2) is 8.20. The SMILES string of the molecule is CO[C@@H](C(=O)N1CCC(C(=O)c2nc3ccccc3s2)CC1)c1ccccc1. The number of hydrogen-bond acceptors (Lipinski definition) is 5. The lowest BCUT2D eigenvalue weighted by Gasteiger charge is -2.33. The van der Waals surface area contributed by atoms with Crippen molar-refractivity contribution in [3.63, 3.8) is 0 Å². The number of fused-ring (bicyclic) bond motifs is 1. The van der Waals surface area contributed by atoms with Crippen molar-refractivity contribution in [1.29, 1.82) is 0 Å². The predicted molar refractivity (Wildman–Crippen MR) is 109 cm³/mol. The molecule has 2 aromatic carbocycles. The molecule has 5 nitrogen and oxygen atoms in total. The number of likely N-dealkylation sites (tertiary alicyclic amines) is 1. The van der Waals surface area contributed by atoms with Gasteiger partial charge in [-0.15, -0.1) is 11.3 Å². The van der Waals surface area contributed by atoms with Crippen LogP contribution in [0.3, 0.4) is 0 Å². The second-order valence-corrected chi connectivity index (χ2v) is 8.01. The van der Waals surface area contributed by atoms with Crippen molar-refractivity contribution in [3.05, 3.63) is 65.2 Å². The minimum absolute atomic E-state index is 0.0420. The van der Waals surface area contributed by atoms with Crippen molar-refractivity contribution in [1.82, 2.24) is 9.88 Å². The van der Waals surface area contributed by atoms with Gasteiger partial charge in [-0.2, -0.15) is 0 Å². The summed E-state index contributed by atoms with van der Waals surface area (Å²) in [6.07, 6.45) is 0.718. The molecule has 1 saturated heterocycles. The number of methoxy groups -OCH3 is 1. The number of nitrogens with zero attached hydrogens (tertiary/aromatic N) is 2. The van der Waals surface area contributed by atoms with Crippen LogP contribution >= 0.6 is 11.3 Å². The van der Waals surface area contributed by atoms with Crippen LogP contribution in [0.1, 0.15) is 34.3 Å². The van der Waals surface area contributed by atoms with E-state index in [2.05, 4.69) is 4.98 Å². The topological polar surface area (TPSA) is 59.5 Å². The number of piperidine rings is 1. The van der Waals surface area contributed by atoms with Gasteiger partial charge in [0, 0.05) is 26.1 Å². The predicted octanol–water partition coefficient (Wildman–Crippen LogP) is 4.11. The van der Waals surface area contributed by atoms with Gasteiger partial charge in [-0.05, 0) is 30.5 Å². The fourth-order valence-electron chi connectivity index (χ4n) is 3.69. The van der Waals surface area contributed by atoms with E-state index in [1.807, 2.05) is 59.5 Å². The van der Waals surface area contributed by atoms with Gasteiger partial charge in [0.25, 0.3) is 5.91 Å². The number of benzene rings is 2. The third kappa shape index (κ3) is 3.70. The van der Waals surface area contributed by atoms with Crippen LogP contribution in [0.4, 0.5) is 0 Å². The van der Waals surface area contributed by atoms with Gasteiger partial charge in [-0.3, -0.25) is 9.59 Å². The van der Waals surface area contributed by atoms with Crippen molar-refractivity contribution >= 4 is 33.2 Å². The van der Waals surface area contributed by atoms with Gasteiger partial charge in [-0.25, -0.2) is 4.98 Å². The fraction of sp³-hybridized carbons (Fsp3) is 0.318. The lowest BCUT2D eigenvalue weighted by atomic mass is 9.92.